The first-order chi connectivity index (χ1) is 13.9. The summed E-state index contributed by atoms with van der Waals surface area (Å²) in [6.45, 7) is 5.62. The molecule has 29 heavy (non-hydrogen) atoms. The van der Waals surface area contributed by atoms with Crippen LogP contribution in [0.5, 0.6) is 0 Å². The van der Waals surface area contributed by atoms with Gasteiger partial charge in [0.2, 0.25) is 0 Å². The van der Waals surface area contributed by atoms with Gasteiger partial charge >= 0.3 is 5.97 Å². The summed E-state index contributed by atoms with van der Waals surface area (Å²) in [7, 11) is 0. The summed E-state index contributed by atoms with van der Waals surface area (Å²) in [4.78, 5) is 11.4. The fraction of sp³-hybridized carbons (Fsp3) is 0.292. The molecule has 1 aliphatic rings. The predicted octanol–water partition coefficient (Wildman–Crippen LogP) is 5.81. The van der Waals surface area contributed by atoms with Crippen LogP contribution in [0.1, 0.15) is 44.1 Å². The van der Waals surface area contributed by atoms with Crippen LogP contribution in [0.2, 0.25) is 0 Å². The lowest BCUT2D eigenvalue weighted by atomic mass is 10.0. The van der Waals surface area contributed by atoms with Crippen molar-refractivity contribution in [1.82, 2.24) is 0 Å². The lowest BCUT2D eigenvalue weighted by Crippen LogP contribution is -1.97. The Hall–Kier alpha value is -3.21. The van der Waals surface area contributed by atoms with Gasteiger partial charge in [-0.3, -0.25) is 0 Å². The number of furan rings is 2. The molecule has 0 radical (unpaired) electrons. The van der Waals surface area contributed by atoms with Crippen molar-refractivity contribution in [2.45, 2.75) is 40.0 Å². The zero-order valence-corrected chi connectivity index (χ0v) is 17.0. The van der Waals surface area contributed by atoms with Crippen LogP contribution in [0.4, 0.5) is 0 Å². The molecule has 5 nitrogen and oxygen atoms in total. The standard InChI is InChI=1S/C24H26O5/c1-16(5-4-6-17(2)11-22-23(25)18(3)24(26)29-22)7-8-19-12-21(28-15-19)13-20-9-10-27-14-20/h4-5,7,9-12,14-15,17,25H,6,8,13H2,1-3H3. The van der Waals surface area contributed by atoms with Crippen LogP contribution < -0.4 is 0 Å². The van der Waals surface area contributed by atoms with Crippen molar-refractivity contribution < 1.29 is 23.5 Å². The minimum atomic E-state index is -0.484. The highest BCUT2D eigenvalue weighted by atomic mass is 16.6. The summed E-state index contributed by atoms with van der Waals surface area (Å²) in [6, 6.07) is 4.00. The van der Waals surface area contributed by atoms with Gasteiger partial charge in [-0.15, -0.1) is 0 Å². The number of ether oxygens (including phenoxy) is 1. The number of carbonyl (C=O) groups excluding carboxylic acids is 1. The van der Waals surface area contributed by atoms with Gasteiger partial charge in [-0.25, -0.2) is 4.79 Å². The third kappa shape index (κ3) is 5.64. The lowest BCUT2D eigenvalue weighted by molar-refractivity contribution is -0.133. The number of aliphatic hydroxyl groups excluding tert-OH is 1. The van der Waals surface area contributed by atoms with Gasteiger partial charge in [-0.05, 0) is 61.9 Å². The molecule has 1 N–H and O–H groups in total. The molecule has 152 valence electrons. The van der Waals surface area contributed by atoms with Crippen LogP contribution >= 0.6 is 0 Å². The molecule has 0 saturated heterocycles. The van der Waals surface area contributed by atoms with E-state index in [1.807, 2.05) is 13.0 Å². The first kappa shape index (κ1) is 20.5. The Morgan fingerprint density at radius 1 is 1.28 bits per heavy atom. The van der Waals surface area contributed by atoms with Crippen molar-refractivity contribution in [2.75, 3.05) is 0 Å². The summed E-state index contributed by atoms with van der Waals surface area (Å²) in [5.74, 6) is 0.766. The Kier molecular flexibility index (Phi) is 6.60. The van der Waals surface area contributed by atoms with Crippen molar-refractivity contribution in [3.63, 3.8) is 0 Å². The topological polar surface area (TPSA) is 72.8 Å². The molecule has 1 unspecified atom stereocenters. The van der Waals surface area contributed by atoms with Crippen molar-refractivity contribution in [3.05, 3.63) is 94.8 Å². The summed E-state index contributed by atoms with van der Waals surface area (Å²) in [5.41, 5.74) is 3.64. The number of esters is 1. The van der Waals surface area contributed by atoms with E-state index in [-0.39, 0.29) is 23.0 Å². The van der Waals surface area contributed by atoms with Crippen molar-refractivity contribution in [3.8, 4) is 0 Å². The van der Waals surface area contributed by atoms with Gasteiger partial charge in [0.05, 0.1) is 24.4 Å². The highest BCUT2D eigenvalue weighted by molar-refractivity contribution is 5.93. The van der Waals surface area contributed by atoms with E-state index in [1.54, 1.807) is 31.8 Å². The van der Waals surface area contributed by atoms with E-state index in [9.17, 15) is 9.90 Å². The number of cyclic esters (lactones) is 1. The molecule has 0 bridgehead atoms. The van der Waals surface area contributed by atoms with Gasteiger partial charge in [-0.2, -0.15) is 0 Å². The number of aliphatic hydroxyl groups is 1. The second-order valence-electron chi connectivity index (χ2n) is 7.39. The van der Waals surface area contributed by atoms with Gasteiger partial charge < -0.3 is 18.7 Å². The number of carbonyl (C=O) groups is 1. The van der Waals surface area contributed by atoms with Crippen molar-refractivity contribution in [1.29, 1.82) is 0 Å². The van der Waals surface area contributed by atoms with Crippen LogP contribution in [0, 0.1) is 5.92 Å². The summed E-state index contributed by atoms with van der Waals surface area (Å²) >= 11 is 0. The maximum atomic E-state index is 11.4. The van der Waals surface area contributed by atoms with Crippen LogP contribution in [0.15, 0.2) is 86.7 Å². The summed E-state index contributed by atoms with van der Waals surface area (Å²) in [5, 5.41) is 9.87. The van der Waals surface area contributed by atoms with Gasteiger partial charge in [0, 0.05) is 6.42 Å². The quantitative estimate of drug-likeness (QED) is 0.452. The molecular weight excluding hydrogens is 368 g/mol. The third-order valence-corrected chi connectivity index (χ3v) is 4.75. The molecule has 5 heteroatoms. The van der Waals surface area contributed by atoms with E-state index in [4.69, 9.17) is 13.6 Å². The van der Waals surface area contributed by atoms with E-state index in [0.717, 1.165) is 41.7 Å². The van der Waals surface area contributed by atoms with Gasteiger partial charge in [0.15, 0.2) is 11.5 Å². The SMILES string of the molecule is CC(C=CCC(C)C=C1OC(=O)C(C)=C1O)=CCc1coc(Cc2ccoc2)c1. The number of allylic oxidation sites excluding steroid dienone is 5. The largest absolute Gasteiger partial charge is 0.504 e. The van der Waals surface area contributed by atoms with Crippen molar-refractivity contribution in [2.24, 2.45) is 5.92 Å². The number of hydrogen-bond acceptors (Lipinski definition) is 5. The molecule has 0 spiro atoms. The fourth-order valence-corrected chi connectivity index (χ4v) is 2.98. The van der Waals surface area contributed by atoms with E-state index in [2.05, 4.69) is 31.2 Å². The zero-order valence-electron chi connectivity index (χ0n) is 17.0. The van der Waals surface area contributed by atoms with Crippen LogP contribution in [-0.4, -0.2) is 11.1 Å². The zero-order chi connectivity index (χ0) is 20.8. The minimum Gasteiger partial charge on any atom is -0.504 e. The number of rotatable bonds is 8. The molecule has 0 aliphatic carbocycles. The molecule has 2 aromatic heterocycles. The third-order valence-electron chi connectivity index (χ3n) is 4.75. The maximum absolute atomic E-state index is 11.4. The molecule has 3 heterocycles. The Morgan fingerprint density at radius 2 is 2.10 bits per heavy atom. The molecule has 0 saturated carbocycles. The Bertz CT molecular complexity index is 967. The Labute approximate surface area is 170 Å². The monoisotopic (exact) mass is 394 g/mol. The fourth-order valence-electron chi connectivity index (χ4n) is 2.98. The van der Waals surface area contributed by atoms with Crippen molar-refractivity contribution >= 4 is 5.97 Å². The van der Waals surface area contributed by atoms with E-state index < -0.39 is 5.97 Å². The smallest absolute Gasteiger partial charge is 0.343 e. The van der Waals surface area contributed by atoms with Crippen LogP contribution in [-0.2, 0) is 22.4 Å². The Balaban J connectivity index is 1.48. The molecule has 0 amide bonds. The van der Waals surface area contributed by atoms with Gasteiger partial charge in [-0.1, -0.05) is 30.7 Å². The summed E-state index contributed by atoms with van der Waals surface area (Å²) in [6.07, 6.45) is 15.6. The van der Waals surface area contributed by atoms with Gasteiger partial charge in [0.1, 0.15) is 5.76 Å². The van der Waals surface area contributed by atoms with Gasteiger partial charge in [0.25, 0.3) is 0 Å². The highest BCUT2D eigenvalue weighted by Gasteiger charge is 2.26. The van der Waals surface area contributed by atoms with Crippen LogP contribution in [0.25, 0.3) is 0 Å². The van der Waals surface area contributed by atoms with E-state index in [0.29, 0.717) is 0 Å². The van der Waals surface area contributed by atoms with E-state index >= 15 is 0 Å². The first-order valence-electron chi connectivity index (χ1n) is 9.67. The minimum absolute atomic E-state index is 0.0610. The van der Waals surface area contributed by atoms with Crippen LogP contribution in [0.3, 0.4) is 0 Å². The molecular formula is C24H26O5. The molecule has 1 atom stereocenters. The Morgan fingerprint density at radius 3 is 2.79 bits per heavy atom. The average Bonchev–Trinajstić information content (AvgIpc) is 3.41. The molecule has 2 aromatic rings. The number of hydrogen-bond donors (Lipinski definition) is 1. The molecule has 3 rings (SSSR count). The molecule has 1 aliphatic heterocycles. The second-order valence-corrected chi connectivity index (χ2v) is 7.39. The molecule has 0 aromatic carbocycles. The second kappa shape index (κ2) is 9.32. The highest BCUT2D eigenvalue weighted by Crippen LogP contribution is 2.25. The molecule has 0 fully saturated rings. The summed E-state index contributed by atoms with van der Waals surface area (Å²) < 4.78 is 15.7. The first-order valence-corrected chi connectivity index (χ1v) is 9.67. The van der Waals surface area contributed by atoms with E-state index in [1.165, 1.54) is 0 Å². The predicted molar refractivity (Wildman–Crippen MR) is 110 cm³/mol. The average molecular weight is 394 g/mol. The normalized spacial score (nSPS) is 17.6. The maximum Gasteiger partial charge on any atom is 0.343 e. The lowest BCUT2D eigenvalue weighted by Gasteiger charge is -2.04.